The van der Waals surface area contributed by atoms with Crippen molar-refractivity contribution >= 4 is 6.08 Å². The van der Waals surface area contributed by atoms with Gasteiger partial charge in [0, 0.05) is 21.1 Å². The molecule has 0 radical (unpaired) electrons. The molecule has 1 nitrogen and oxygen atoms in total. The van der Waals surface area contributed by atoms with Gasteiger partial charge in [-0.25, -0.2) is 0 Å². The molecule has 0 aliphatic rings. The first-order valence-electron chi connectivity index (χ1n) is 3.26. The average Bonchev–Trinajstić information content (AvgIpc) is 2.03. The average molecular weight is 329 g/mol. The van der Waals surface area contributed by atoms with Crippen LogP contribution in [0.1, 0.15) is 5.56 Å². The molecule has 62 valence electrons. The normalized spacial score (nSPS) is 9.55. The summed E-state index contributed by atoms with van der Waals surface area (Å²) in [6.07, 6.45) is 3.61. The summed E-state index contributed by atoms with van der Waals surface area (Å²) in [5.41, 5.74) is 1.12. The number of benzene rings is 1. The molecule has 0 heterocycles. The second-order valence-corrected chi connectivity index (χ2v) is 2.00. The van der Waals surface area contributed by atoms with Crippen molar-refractivity contribution in [2.75, 3.05) is 6.61 Å². The predicted octanol–water partition coefficient (Wildman–Crippen LogP) is 1.69. The second kappa shape index (κ2) is 6.33. The molecule has 0 aromatic heterocycles. The zero-order valence-corrected chi connectivity index (χ0v) is 8.28. The quantitative estimate of drug-likeness (QED) is 0.876. The Kier molecular flexibility index (Phi) is 6.10. The third kappa shape index (κ3) is 4.13. The minimum Gasteiger partial charge on any atom is -0.392 e. The predicted molar refractivity (Wildman–Crippen MR) is 42.6 cm³/mol. The molecule has 0 aliphatic carbocycles. The van der Waals surface area contributed by atoms with Crippen molar-refractivity contribution in [3.8, 4) is 0 Å². The van der Waals surface area contributed by atoms with Crippen molar-refractivity contribution in [2.24, 2.45) is 0 Å². The number of rotatable bonds is 2. The van der Waals surface area contributed by atoms with Gasteiger partial charge in [0.2, 0.25) is 0 Å². The Labute approximate surface area is 81.0 Å². The molecular formula is C9H10OPt. The molecule has 0 spiro atoms. The molecule has 1 rings (SSSR count). The van der Waals surface area contributed by atoms with Crippen LogP contribution in [0.3, 0.4) is 0 Å². The van der Waals surface area contributed by atoms with Crippen LogP contribution in [0, 0.1) is 0 Å². The fourth-order valence-corrected chi connectivity index (χ4v) is 0.753. The molecule has 0 atom stereocenters. The summed E-state index contributed by atoms with van der Waals surface area (Å²) < 4.78 is 0. The Morgan fingerprint density at radius 2 is 1.82 bits per heavy atom. The zero-order chi connectivity index (χ0) is 7.23. The number of hydrogen-bond acceptors (Lipinski definition) is 1. The summed E-state index contributed by atoms with van der Waals surface area (Å²) in [6, 6.07) is 9.89. The van der Waals surface area contributed by atoms with E-state index in [1.54, 1.807) is 6.08 Å². The maximum Gasteiger partial charge on any atom is 0.0615 e. The fourth-order valence-electron chi connectivity index (χ4n) is 0.753. The molecule has 0 fully saturated rings. The van der Waals surface area contributed by atoms with Crippen LogP contribution >= 0.6 is 0 Å². The first-order chi connectivity index (χ1) is 4.93. The van der Waals surface area contributed by atoms with E-state index in [9.17, 15) is 0 Å². The molecule has 1 aromatic rings. The van der Waals surface area contributed by atoms with Crippen LogP contribution in [0.5, 0.6) is 0 Å². The fraction of sp³-hybridized carbons (Fsp3) is 0.111. The van der Waals surface area contributed by atoms with Crippen LogP contribution in [0.25, 0.3) is 6.08 Å². The second-order valence-electron chi connectivity index (χ2n) is 2.00. The van der Waals surface area contributed by atoms with E-state index < -0.39 is 0 Å². The van der Waals surface area contributed by atoms with Gasteiger partial charge in [0.15, 0.2) is 0 Å². The Morgan fingerprint density at radius 1 is 1.18 bits per heavy atom. The third-order valence-electron chi connectivity index (χ3n) is 1.22. The Balaban J connectivity index is 0.000001000. The largest absolute Gasteiger partial charge is 0.392 e. The summed E-state index contributed by atoms with van der Waals surface area (Å²) in [5.74, 6) is 0. The van der Waals surface area contributed by atoms with E-state index in [1.807, 2.05) is 36.4 Å². The monoisotopic (exact) mass is 329 g/mol. The van der Waals surface area contributed by atoms with Crippen molar-refractivity contribution in [1.29, 1.82) is 0 Å². The summed E-state index contributed by atoms with van der Waals surface area (Å²) in [5, 5.41) is 8.44. The third-order valence-corrected chi connectivity index (χ3v) is 1.22. The van der Waals surface area contributed by atoms with Gasteiger partial charge in [-0.05, 0) is 5.56 Å². The number of aliphatic hydroxyl groups is 1. The molecule has 0 unspecified atom stereocenters. The molecular weight excluding hydrogens is 319 g/mol. The van der Waals surface area contributed by atoms with Crippen LogP contribution in [0.4, 0.5) is 0 Å². The zero-order valence-electron chi connectivity index (χ0n) is 6.01. The van der Waals surface area contributed by atoms with Gasteiger partial charge >= 0.3 is 0 Å². The van der Waals surface area contributed by atoms with Crippen molar-refractivity contribution < 1.29 is 26.2 Å². The van der Waals surface area contributed by atoms with E-state index in [1.165, 1.54) is 0 Å². The Hall–Kier alpha value is -0.392. The summed E-state index contributed by atoms with van der Waals surface area (Å²) in [4.78, 5) is 0. The van der Waals surface area contributed by atoms with Crippen LogP contribution in [0.2, 0.25) is 0 Å². The SMILES string of the molecule is OC/C=C/c1ccccc1.[Pt]. The number of aliphatic hydroxyl groups excluding tert-OH is 1. The summed E-state index contributed by atoms with van der Waals surface area (Å²) in [7, 11) is 0. The summed E-state index contributed by atoms with van der Waals surface area (Å²) >= 11 is 0. The van der Waals surface area contributed by atoms with Crippen LogP contribution < -0.4 is 0 Å². The van der Waals surface area contributed by atoms with Crippen molar-refractivity contribution in [1.82, 2.24) is 0 Å². The van der Waals surface area contributed by atoms with Crippen LogP contribution in [-0.2, 0) is 21.1 Å². The van der Waals surface area contributed by atoms with E-state index in [4.69, 9.17) is 5.11 Å². The molecule has 0 amide bonds. The Bertz CT molecular complexity index is 206. The minimum absolute atomic E-state index is 0. The van der Waals surface area contributed by atoms with Gasteiger partial charge in [0.05, 0.1) is 6.61 Å². The molecule has 0 saturated carbocycles. The topological polar surface area (TPSA) is 20.2 Å². The van der Waals surface area contributed by atoms with Crippen molar-refractivity contribution in [3.05, 3.63) is 42.0 Å². The maximum atomic E-state index is 8.44. The van der Waals surface area contributed by atoms with E-state index >= 15 is 0 Å². The number of hydrogen-bond donors (Lipinski definition) is 1. The van der Waals surface area contributed by atoms with Crippen LogP contribution in [0.15, 0.2) is 36.4 Å². The molecule has 11 heavy (non-hydrogen) atoms. The van der Waals surface area contributed by atoms with Gasteiger partial charge in [-0.3, -0.25) is 0 Å². The van der Waals surface area contributed by atoms with E-state index in [0.717, 1.165) is 5.56 Å². The molecule has 1 N–H and O–H groups in total. The van der Waals surface area contributed by atoms with Gasteiger partial charge < -0.3 is 5.11 Å². The van der Waals surface area contributed by atoms with Gasteiger partial charge in [-0.1, -0.05) is 42.5 Å². The summed E-state index contributed by atoms with van der Waals surface area (Å²) in [6.45, 7) is 0.106. The molecule has 0 aliphatic heterocycles. The van der Waals surface area contributed by atoms with Gasteiger partial charge in [0.25, 0.3) is 0 Å². The maximum absolute atomic E-state index is 8.44. The standard InChI is InChI=1S/C9H10O.Pt/c10-8-4-7-9-5-2-1-3-6-9;/h1-7,10H,8H2;/b7-4+;. The van der Waals surface area contributed by atoms with Crippen molar-refractivity contribution in [2.45, 2.75) is 0 Å². The minimum atomic E-state index is 0. The van der Waals surface area contributed by atoms with E-state index in [0.29, 0.717) is 0 Å². The van der Waals surface area contributed by atoms with Crippen molar-refractivity contribution in [3.63, 3.8) is 0 Å². The molecule has 0 bridgehead atoms. The first-order valence-corrected chi connectivity index (χ1v) is 3.26. The van der Waals surface area contributed by atoms with Crippen LogP contribution in [-0.4, -0.2) is 11.7 Å². The van der Waals surface area contributed by atoms with Gasteiger partial charge in [-0.2, -0.15) is 0 Å². The smallest absolute Gasteiger partial charge is 0.0615 e. The van der Waals surface area contributed by atoms with E-state index in [2.05, 4.69) is 0 Å². The molecule has 1 aromatic carbocycles. The molecule has 2 heteroatoms. The van der Waals surface area contributed by atoms with E-state index in [-0.39, 0.29) is 27.7 Å². The molecule has 0 saturated heterocycles. The van der Waals surface area contributed by atoms with Gasteiger partial charge in [0.1, 0.15) is 0 Å². The first kappa shape index (κ1) is 10.6. The Morgan fingerprint density at radius 3 is 2.36 bits per heavy atom. The van der Waals surface area contributed by atoms with Gasteiger partial charge in [-0.15, -0.1) is 0 Å².